The molecule has 0 bridgehead atoms. The van der Waals surface area contributed by atoms with Crippen molar-refractivity contribution in [3.8, 4) is 0 Å². The fraction of sp³-hybridized carbons (Fsp3) is 1.00. The maximum atomic E-state index is 3.39. The summed E-state index contributed by atoms with van der Waals surface area (Å²) in [6.45, 7) is 89.3. The third-order valence-electron chi connectivity index (χ3n) is 19.9. The second kappa shape index (κ2) is 49.1. The number of nitrogens with one attached hydrogen (secondary N) is 1. The van der Waals surface area contributed by atoms with Crippen molar-refractivity contribution in [1.29, 1.82) is 0 Å². The molecule has 0 aliphatic carbocycles. The van der Waals surface area contributed by atoms with E-state index in [1.165, 1.54) is 248 Å². The zero-order valence-corrected chi connectivity index (χ0v) is 63.6. The molecule has 0 saturated carbocycles. The molecule has 8 aliphatic heterocycles. The first kappa shape index (κ1) is 84.5. The lowest BCUT2D eigenvalue weighted by Crippen LogP contribution is -2.48. The summed E-state index contributed by atoms with van der Waals surface area (Å²) >= 11 is 0. The third-order valence-corrected chi connectivity index (χ3v) is 19.9. The van der Waals surface area contributed by atoms with Gasteiger partial charge in [0, 0.05) is 179 Å². The van der Waals surface area contributed by atoms with Crippen molar-refractivity contribution in [2.75, 3.05) is 217 Å². The lowest BCUT2D eigenvalue weighted by Gasteiger charge is -2.38. The van der Waals surface area contributed by atoms with Crippen LogP contribution in [0, 0.1) is 11.8 Å². The zero-order chi connectivity index (χ0) is 65.5. The van der Waals surface area contributed by atoms with E-state index in [4.69, 9.17) is 0 Å². The molecule has 2 unspecified atom stereocenters. The summed E-state index contributed by atoms with van der Waals surface area (Å²) in [5, 5.41) is 3.39. The molecule has 0 radical (unpaired) electrons. The van der Waals surface area contributed by atoms with Crippen molar-refractivity contribution in [3.05, 3.63) is 0 Å². The quantitative estimate of drug-likeness (QED) is 0.214. The standard InChI is InChI=1S/2C10H22N2.C10H21N.2C9H20N2.C9H19N.2C8H18N2/c1-4-11-6-5-7-12(9-8-11)10(2)3;1-4-5-11-6-8-12(9-7-11)10(2)3;1-8(2)11-6-9(3)5-10(4)7-11;1-9(2)11-6-4-5-10(3)7-8-11;1-4-10-5-7-11(8-6-10)9(2)3;1-9(2,3)10-7-5-4-6-8-10;1-8(2)10-6-4-9(3)5-7-10;1-8(2)10-6-3-4-9-5-7-10/h2*10H,4-9H2,1-3H3;8-10H,5-7H2,1-4H3;2*9H,4-8H2,1-3H3;4-8H2,1-3H3;8H,4-7H2,1-3H3;8-9H,3-7H2,1-2H3. The van der Waals surface area contributed by atoms with Crippen molar-refractivity contribution in [2.45, 2.75) is 252 Å². The van der Waals surface area contributed by atoms with Crippen molar-refractivity contribution < 1.29 is 0 Å². The molecule has 8 rings (SSSR count). The Kier molecular flexibility index (Phi) is 47.6. The fourth-order valence-electron chi connectivity index (χ4n) is 13.2. The predicted molar refractivity (Wildman–Crippen MR) is 388 cm³/mol. The number of piperazine rings is 3. The fourth-order valence-corrected chi connectivity index (χ4v) is 13.2. The monoisotopic (exact) mass is 1230 g/mol. The largest absolute Gasteiger partial charge is 0.315 e. The molecule has 0 aromatic carbocycles. The first-order valence-electron chi connectivity index (χ1n) is 37.3. The van der Waals surface area contributed by atoms with E-state index in [1.807, 2.05) is 0 Å². The molecule has 8 fully saturated rings. The second-order valence-corrected chi connectivity index (χ2v) is 30.6. The number of rotatable bonds is 11. The van der Waals surface area contributed by atoms with Gasteiger partial charge in [-0.1, -0.05) is 41.0 Å². The van der Waals surface area contributed by atoms with Crippen molar-refractivity contribution in [1.82, 2.24) is 69.0 Å². The average Bonchev–Trinajstić information content (AvgIpc) is 4.23. The minimum Gasteiger partial charge on any atom is -0.315 e. The number of likely N-dealkylation sites (tertiary alicyclic amines) is 2. The van der Waals surface area contributed by atoms with Gasteiger partial charge in [-0.15, -0.1) is 0 Å². The molecule has 87 heavy (non-hydrogen) atoms. The topological polar surface area (TPSA) is 54.2 Å². The average molecular weight is 1230 g/mol. The van der Waals surface area contributed by atoms with E-state index >= 15 is 0 Å². The predicted octanol–water partition coefficient (Wildman–Crippen LogP) is 10.9. The van der Waals surface area contributed by atoms with Crippen LogP contribution in [0.25, 0.3) is 0 Å². The van der Waals surface area contributed by atoms with Crippen LogP contribution < -0.4 is 5.32 Å². The van der Waals surface area contributed by atoms with Gasteiger partial charge in [0.1, 0.15) is 0 Å². The molecule has 0 spiro atoms. The van der Waals surface area contributed by atoms with E-state index in [9.17, 15) is 0 Å². The molecule has 2 atom stereocenters. The Morgan fingerprint density at radius 3 is 1.03 bits per heavy atom. The summed E-state index contributed by atoms with van der Waals surface area (Å²) in [7, 11) is 4.40. The first-order chi connectivity index (χ1) is 41.1. The van der Waals surface area contributed by atoms with Crippen molar-refractivity contribution in [2.24, 2.45) is 11.8 Å². The van der Waals surface area contributed by atoms with E-state index in [-0.39, 0.29) is 0 Å². The van der Waals surface area contributed by atoms with Crippen LogP contribution in [0.2, 0.25) is 0 Å². The maximum absolute atomic E-state index is 3.39. The third kappa shape index (κ3) is 40.3. The van der Waals surface area contributed by atoms with E-state index in [2.05, 4.69) is 235 Å². The van der Waals surface area contributed by atoms with Crippen LogP contribution in [0.5, 0.6) is 0 Å². The van der Waals surface area contributed by atoms with Gasteiger partial charge < -0.3 is 34.7 Å². The van der Waals surface area contributed by atoms with Gasteiger partial charge in [-0.3, -0.25) is 34.3 Å². The molecule has 8 aliphatic rings. The molecule has 0 aromatic rings. The zero-order valence-electron chi connectivity index (χ0n) is 63.6. The van der Waals surface area contributed by atoms with Crippen LogP contribution in [0.1, 0.15) is 204 Å². The van der Waals surface area contributed by atoms with E-state index in [1.54, 1.807) is 0 Å². The highest BCUT2D eigenvalue weighted by atomic mass is 15.3. The van der Waals surface area contributed by atoms with Crippen LogP contribution in [0.3, 0.4) is 0 Å². The summed E-state index contributed by atoms with van der Waals surface area (Å²) < 4.78 is 0. The minimum atomic E-state index is 0.403. The Labute approximate surface area is 546 Å². The summed E-state index contributed by atoms with van der Waals surface area (Å²) in [6, 6.07) is 5.10. The van der Waals surface area contributed by atoms with E-state index in [0.717, 1.165) is 60.7 Å². The number of piperidine rings is 2. The highest BCUT2D eigenvalue weighted by molar-refractivity contribution is 4.80. The molecule has 522 valence electrons. The summed E-state index contributed by atoms with van der Waals surface area (Å²) in [5.41, 5.74) is 0.403. The first-order valence-corrected chi connectivity index (χ1v) is 37.3. The van der Waals surface area contributed by atoms with Crippen LogP contribution in [0.15, 0.2) is 0 Å². The molecule has 8 saturated heterocycles. The molecule has 14 nitrogen and oxygen atoms in total. The van der Waals surface area contributed by atoms with Crippen molar-refractivity contribution in [3.63, 3.8) is 0 Å². The molecule has 0 amide bonds. The SMILES string of the molecule is CC(C)(C)N1CCCCC1.CC(C)N1CCCN(C)CC1.CC(C)N1CCCNCC1.CC(C)N1CCN(C)CC1.CC1CC(C)CN(C(C)C)C1.CCCN1CCN(C(C)C)CC1.CCN1CCCN(C(C)C)CC1.CCN1CCN(C(C)C)CC1. The Bertz CT molecular complexity index is 1510. The van der Waals surface area contributed by atoms with Gasteiger partial charge in [0.2, 0.25) is 0 Å². The van der Waals surface area contributed by atoms with Crippen LogP contribution in [-0.4, -0.2) is 329 Å². The summed E-state index contributed by atoms with van der Waals surface area (Å²) in [5.74, 6) is 1.81. The maximum Gasteiger partial charge on any atom is 0.0125 e. The molecular formula is C73H160N14. The Balaban J connectivity index is 0.000000498. The Morgan fingerprint density at radius 2 is 0.667 bits per heavy atom. The van der Waals surface area contributed by atoms with Crippen LogP contribution in [0.4, 0.5) is 0 Å². The van der Waals surface area contributed by atoms with Gasteiger partial charge in [0.05, 0.1) is 0 Å². The number of nitrogens with zero attached hydrogens (tertiary/aromatic N) is 13. The number of hydrogen-bond donors (Lipinski definition) is 1. The summed E-state index contributed by atoms with van der Waals surface area (Å²) in [6.07, 6.45) is 10.9. The lowest BCUT2D eigenvalue weighted by atomic mass is 9.91. The lowest BCUT2D eigenvalue weighted by molar-refractivity contribution is 0.109. The van der Waals surface area contributed by atoms with Gasteiger partial charge >= 0.3 is 0 Å². The Morgan fingerprint density at radius 1 is 0.333 bits per heavy atom. The molecule has 8 heterocycles. The highest BCUT2D eigenvalue weighted by Gasteiger charge is 2.25. The van der Waals surface area contributed by atoms with Gasteiger partial charge in [-0.2, -0.15) is 0 Å². The normalized spacial score (nSPS) is 24.6. The van der Waals surface area contributed by atoms with Crippen molar-refractivity contribution >= 4 is 0 Å². The van der Waals surface area contributed by atoms with Gasteiger partial charge in [0.25, 0.3) is 0 Å². The minimum absolute atomic E-state index is 0.403. The van der Waals surface area contributed by atoms with Gasteiger partial charge in [0.15, 0.2) is 0 Å². The van der Waals surface area contributed by atoms with Gasteiger partial charge in [-0.25, -0.2) is 0 Å². The van der Waals surface area contributed by atoms with E-state index in [0.29, 0.717) is 5.54 Å². The molecule has 0 aromatic heterocycles. The second-order valence-electron chi connectivity index (χ2n) is 30.6. The Hall–Kier alpha value is -0.560. The smallest absolute Gasteiger partial charge is 0.0125 e. The summed E-state index contributed by atoms with van der Waals surface area (Å²) in [4.78, 5) is 32.9. The number of hydrogen-bond acceptors (Lipinski definition) is 14. The van der Waals surface area contributed by atoms with E-state index < -0.39 is 0 Å². The van der Waals surface area contributed by atoms with Crippen LogP contribution in [-0.2, 0) is 0 Å². The molecular weight excluding hydrogens is 1070 g/mol. The van der Waals surface area contributed by atoms with Crippen LogP contribution >= 0.6 is 0 Å². The number of likely N-dealkylation sites (N-methyl/N-ethyl adjacent to an activating group) is 4. The highest BCUT2D eigenvalue weighted by Crippen LogP contribution is 2.22. The molecule has 1 N–H and O–H groups in total. The molecule has 14 heteroatoms. The van der Waals surface area contributed by atoms with Gasteiger partial charge in [-0.05, 0) is 261 Å².